The van der Waals surface area contributed by atoms with E-state index in [1.165, 1.54) is 11.3 Å². The fourth-order valence-corrected chi connectivity index (χ4v) is 2.18. The molecule has 2 N–H and O–H groups in total. The molecule has 0 unspecified atom stereocenters. The summed E-state index contributed by atoms with van der Waals surface area (Å²) in [6, 6.07) is 1.38. The summed E-state index contributed by atoms with van der Waals surface area (Å²) in [6.07, 6.45) is -4.96. The van der Waals surface area contributed by atoms with E-state index in [0.29, 0.717) is 0 Å². The predicted molar refractivity (Wildman–Crippen MR) is 58.5 cm³/mol. The highest BCUT2D eigenvalue weighted by Crippen LogP contribution is 2.29. The van der Waals surface area contributed by atoms with Gasteiger partial charge in [-0.05, 0) is 30.4 Å². The molecular weight excluding hydrogens is 247 g/mol. The quantitative estimate of drug-likeness (QED) is 0.877. The molecule has 0 spiro atoms. The first-order valence-electron chi connectivity index (χ1n) is 4.26. The molecule has 0 aromatic carbocycles. The van der Waals surface area contributed by atoms with E-state index in [0.717, 1.165) is 10.4 Å². The summed E-state index contributed by atoms with van der Waals surface area (Å²) in [5.74, 6) is 0. The fraction of sp³-hybridized carbons (Fsp3) is 0.556. The lowest BCUT2D eigenvalue weighted by molar-refractivity contribution is -0.136. The second-order valence-electron chi connectivity index (χ2n) is 3.23. The molecule has 1 aromatic rings. The van der Waals surface area contributed by atoms with E-state index in [2.05, 4.69) is 0 Å². The van der Waals surface area contributed by atoms with Crippen LogP contribution >= 0.6 is 23.7 Å². The number of hydrogen-bond donors (Lipinski definition) is 1. The van der Waals surface area contributed by atoms with Crippen molar-refractivity contribution >= 4 is 23.7 Å². The molecule has 0 saturated heterocycles. The molecule has 1 aromatic heterocycles. The molecule has 1 heterocycles. The summed E-state index contributed by atoms with van der Waals surface area (Å²) >= 11 is 1.42. The second kappa shape index (κ2) is 5.72. The Morgan fingerprint density at radius 2 is 2.07 bits per heavy atom. The van der Waals surface area contributed by atoms with E-state index >= 15 is 0 Å². The summed E-state index contributed by atoms with van der Waals surface area (Å²) in [7, 11) is 0. The lowest BCUT2D eigenvalue weighted by Crippen LogP contribution is -2.15. The maximum absolute atomic E-state index is 11.9. The number of halogens is 4. The van der Waals surface area contributed by atoms with Crippen LogP contribution in [-0.2, 0) is 0 Å². The Labute approximate surface area is 96.9 Å². The van der Waals surface area contributed by atoms with Gasteiger partial charge in [0.15, 0.2) is 0 Å². The Morgan fingerprint density at radius 3 is 2.47 bits per heavy atom. The first-order valence-corrected chi connectivity index (χ1v) is 5.14. The van der Waals surface area contributed by atoms with Gasteiger partial charge >= 0.3 is 6.18 Å². The molecule has 0 saturated carbocycles. The van der Waals surface area contributed by atoms with Crippen molar-refractivity contribution in [3.8, 4) is 0 Å². The maximum Gasteiger partial charge on any atom is 0.389 e. The molecule has 1 atom stereocenters. The monoisotopic (exact) mass is 259 g/mol. The lowest BCUT2D eigenvalue weighted by atomic mass is 10.1. The Kier molecular flexibility index (Phi) is 5.62. The van der Waals surface area contributed by atoms with Crippen molar-refractivity contribution in [1.29, 1.82) is 0 Å². The van der Waals surface area contributed by atoms with E-state index in [4.69, 9.17) is 5.73 Å². The average molecular weight is 260 g/mol. The number of thiophene rings is 1. The first-order chi connectivity index (χ1) is 6.40. The molecule has 15 heavy (non-hydrogen) atoms. The van der Waals surface area contributed by atoms with Gasteiger partial charge in [-0.25, -0.2) is 0 Å². The number of alkyl halides is 3. The van der Waals surface area contributed by atoms with Crippen LogP contribution in [0.2, 0.25) is 0 Å². The molecule has 6 heteroatoms. The van der Waals surface area contributed by atoms with Crippen LogP contribution in [0.1, 0.15) is 29.3 Å². The van der Waals surface area contributed by atoms with Crippen molar-refractivity contribution in [3.63, 3.8) is 0 Å². The summed E-state index contributed by atoms with van der Waals surface area (Å²) in [4.78, 5) is 0.856. The Bertz CT molecular complexity index is 298. The third-order valence-electron chi connectivity index (χ3n) is 1.98. The van der Waals surface area contributed by atoms with Crippen molar-refractivity contribution in [2.75, 3.05) is 0 Å². The molecule has 0 fully saturated rings. The topological polar surface area (TPSA) is 26.0 Å². The number of hydrogen-bond acceptors (Lipinski definition) is 2. The summed E-state index contributed by atoms with van der Waals surface area (Å²) in [5, 5.41) is 1.85. The summed E-state index contributed by atoms with van der Waals surface area (Å²) < 4.78 is 35.7. The zero-order valence-electron chi connectivity index (χ0n) is 8.17. The molecule has 88 valence electrons. The second-order valence-corrected chi connectivity index (χ2v) is 4.18. The molecule has 0 aliphatic rings. The van der Waals surface area contributed by atoms with Gasteiger partial charge in [-0.3, -0.25) is 0 Å². The SMILES string of the molecule is Cc1ccsc1[C@@H](N)CCC(F)(F)F.Cl. The van der Waals surface area contributed by atoms with E-state index < -0.39 is 18.6 Å². The highest BCUT2D eigenvalue weighted by atomic mass is 35.5. The Balaban J connectivity index is 0.00000196. The third kappa shape index (κ3) is 4.86. The van der Waals surface area contributed by atoms with E-state index in [1.807, 2.05) is 18.4 Å². The highest BCUT2D eigenvalue weighted by Gasteiger charge is 2.28. The van der Waals surface area contributed by atoms with Crippen molar-refractivity contribution < 1.29 is 13.2 Å². The van der Waals surface area contributed by atoms with Gasteiger partial charge in [0.05, 0.1) is 0 Å². The maximum atomic E-state index is 11.9. The molecule has 0 aliphatic heterocycles. The van der Waals surface area contributed by atoms with Crippen LogP contribution in [0, 0.1) is 6.92 Å². The summed E-state index contributed by atoms with van der Waals surface area (Å²) in [5.41, 5.74) is 6.63. The molecular formula is C9H13ClF3NS. The van der Waals surface area contributed by atoms with Crippen molar-refractivity contribution in [1.82, 2.24) is 0 Å². The average Bonchev–Trinajstić information content (AvgIpc) is 2.46. The van der Waals surface area contributed by atoms with Crippen molar-refractivity contribution in [2.24, 2.45) is 5.73 Å². The predicted octanol–water partition coefficient (Wildman–Crippen LogP) is 3.82. The largest absolute Gasteiger partial charge is 0.389 e. The highest BCUT2D eigenvalue weighted by molar-refractivity contribution is 7.10. The molecule has 0 radical (unpaired) electrons. The van der Waals surface area contributed by atoms with E-state index in [9.17, 15) is 13.2 Å². The van der Waals surface area contributed by atoms with E-state index in [1.54, 1.807) is 0 Å². The van der Waals surface area contributed by atoms with Crippen LogP contribution in [0.4, 0.5) is 13.2 Å². The van der Waals surface area contributed by atoms with Gasteiger partial charge in [0, 0.05) is 17.3 Å². The molecule has 1 nitrogen and oxygen atoms in total. The van der Waals surface area contributed by atoms with Gasteiger partial charge in [-0.15, -0.1) is 23.7 Å². The third-order valence-corrected chi connectivity index (χ3v) is 3.13. The van der Waals surface area contributed by atoms with Gasteiger partial charge in [0.2, 0.25) is 0 Å². The van der Waals surface area contributed by atoms with Gasteiger partial charge in [-0.1, -0.05) is 0 Å². The van der Waals surface area contributed by atoms with Crippen molar-refractivity contribution in [3.05, 3.63) is 21.9 Å². The van der Waals surface area contributed by atoms with Crippen LogP contribution in [0.25, 0.3) is 0 Å². The van der Waals surface area contributed by atoms with Crippen LogP contribution < -0.4 is 5.73 Å². The number of rotatable bonds is 3. The van der Waals surface area contributed by atoms with Gasteiger partial charge in [-0.2, -0.15) is 13.2 Å². The minimum atomic E-state index is -4.11. The summed E-state index contributed by atoms with van der Waals surface area (Å²) in [6.45, 7) is 1.86. The lowest BCUT2D eigenvalue weighted by Gasteiger charge is -2.12. The zero-order valence-corrected chi connectivity index (χ0v) is 9.81. The minimum absolute atomic E-state index is 0. The minimum Gasteiger partial charge on any atom is -0.323 e. The molecule has 0 amide bonds. The van der Waals surface area contributed by atoms with Crippen LogP contribution in [0.3, 0.4) is 0 Å². The molecule has 0 bridgehead atoms. The van der Waals surface area contributed by atoms with Crippen molar-refractivity contribution in [2.45, 2.75) is 32.0 Å². The fourth-order valence-electron chi connectivity index (χ4n) is 1.21. The van der Waals surface area contributed by atoms with Gasteiger partial charge in [0.1, 0.15) is 0 Å². The van der Waals surface area contributed by atoms with E-state index in [-0.39, 0.29) is 18.8 Å². The van der Waals surface area contributed by atoms with Crippen LogP contribution in [0.5, 0.6) is 0 Å². The zero-order chi connectivity index (χ0) is 10.8. The number of nitrogens with two attached hydrogens (primary N) is 1. The van der Waals surface area contributed by atoms with Crippen LogP contribution in [0.15, 0.2) is 11.4 Å². The van der Waals surface area contributed by atoms with Gasteiger partial charge < -0.3 is 5.73 Å². The number of aryl methyl sites for hydroxylation is 1. The molecule has 1 rings (SSSR count). The Hall–Kier alpha value is -0.260. The standard InChI is InChI=1S/C9H12F3NS.ClH/c1-6-3-5-14-8(6)7(13)2-4-9(10,11)12;/h3,5,7H,2,4,13H2,1H3;1H/t7-;/m0./s1. The van der Waals surface area contributed by atoms with Gasteiger partial charge in [0.25, 0.3) is 0 Å². The first kappa shape index (κ1) is 14.7. The normalized spacial score (nSPS) is 13.4. The smallest absolute Gasteiger partial charge is 0.323 e. The molecule has 0 aliphatic carbocycles. The Morgan fingerprint density at radius 1 is 1.47 bits per heavy atom. The van der Waals surface area contributed by atoms with Crippen LogP contribution in [-0.4, -0.2) is 6.18 Å².